The van der Waals surface area contributed by atoms with Gasteiger partial charge in [-0.2, -0.15) is 0 Å². The molecule has 0 heterocycles. The van der Waals surface area contributed by atoms with Gasteiger partial charge in [-0.25, -0.2) is 0 Å². The Morgan fingerprint density at radius 2 is 2.00 bits per heavy atom. The molecule has 62 valence electrons. The molecule has 0 aliphatic heterocycles. The molecule has 4 aliphatic carbocycles. The Morgan fingerprint density at radius 1 is 1.27 bits per heavy atom. The van der Waals surface area contributed by atoms with Crippen LogP contribution in [0.5, 0.6) is 0 Å². The maximum Gasteiger partial charge on any atom is 0.0401 e. The van der Waals surface area contributed by atoms with E-state index in [0.717, 1.165) is 23.7 Å². The second-order valence-corrected chi connectivity index (χ2v) is 5.79. The number of hydrogen-bond donors (Lipinski definition) is 0. The summed E-state index contributed by atoms with van der Waals surface area (Å²) in [5, 5.41) is 0.562. The molecule has 0 N–H and O–H groups in total. The molecular formula is C10H15Cl. The molecule has 0 aromatic carbocycles. The first-order chi connectivity index (χ1) is 5.12. The van der Waals surface area contributed by atoms with Gasteiger partial charge in [0.2, 0.25) is 0 Å². The first-order valence-electron chi connectivity index (χ1n) is 4.76. The number of halogens is 1. The van der Waals surface area contributed by atoms with Crippen LogP contribution in [-0.4, -0.2) is 5.38 Å². The van der Waals surface area contributed by atoms with Crippen LogP contribution >= 0.6 is 11.6 Å². The van der Waals surface area contributed by atoms with E-state index in [2.05, 4.69) is 13.8 Å². The standard InChI is InChI=1S/C10H15Cl/c1-10(2)5-3-6-8(9(6)11)7(10)4-5/h5-9H,3-4H2,1-2H3. The van der Waals surface area contributed by atoms with Gasteiger partial charge in [-0.05, 0) is 41.9 Å². The zero-order chi connectivity index (χ0) is 7.80. The first-order valence-corrected chi connectivity index (χ1v) is 5.20. The fourth-order valence-electron chi connectivity index (χ4n) is 3.60. The maximum absolute atomic E-state index is 6.21. The average Bonchev–Trinajstić information content (AvgIpc) is 2.63. The quantitative estimate of drug-likeness (QED) is 0.491. The Kier molecular flexibility index (Phi) is 1.01. The van der Waals surface area contributed by atoms with Crippen molar-refractivity contribution in [3.8, 4) is 0 Å². The van der Waals surface area contributed by atoms with Crippen molar-refractivity contribution in [1.29, 1.82) is 0 Å². The molecule has 5 unspecified atom stereocenters. The second-order valence-electron chi connectivity index (χ2n) is 5.28. The molecule has 0 spiro atoms. The van der Waals surface area contributed by atoms with E-state index in [9.17, 15) is 0 Å². The van der Waals surface area contributed by atoms with Gasteiger partial charge in [-0.3, -0.25) is 0 Å². The van der Waals surface area contributed by atoms with Gasteiger partial charge < -0.3 is 0 Å². The van der Waals surface area contributed by atoms with Crippen LogP contribution in [0.25, 0.3) is 0 Å². The molecule has 11 heavy (non-hydrogen) atoms. The Labute approximate surface area is 73.3 Å². The predicted molar refractivity (Wildman–Crippen MR) is 46.6 cm³/mol. The highest BCUT2D eigenvalue weighted by Gasteiger charge is 2.68. The number of rotatable bonds is 0. The van der Waals surface area contributed by atoms with E-state index in [1.54, 1.807) is 0 Å². The van der Waals surface area contributed by atoms with E-state index < -0.39 is 0 Å². The average molecular weight is 171 g/mol. The summed E-state index contributed by atoms with van der Waals surface area (Å²) in [4.78, 5) is 0. The molecular weight excluding hydrogens is 156 g/mol. The van der Waals surface area contributed by atoms with E-state index in [4.69, 9.17) is 11.6 Å². The lowest BCUT2D eigenvalue weighted by Gasteiger charge is -2.56. The minimum Gasteiger partial charge on any atom is -0.122 e. The Hall–Kier alpha value is 0.290. The summed E-state index contributed by atoms with van der Waals surface area (Å²) >= 11 is 6.21. The second kappa shape index (κ2) is 1.64. The van der Waals surface area contributed by atoms with E-state index in [0.29, 0.717) is 10.8 Å². The molecule has 4 saturated carbocycles. The molecule has 4 aliphatic rings. The van der Waals surface area contributed by atoms with Gasteiger partial charge in [0, 0.05) is 5.38 Å². The minimum absolute atomic E-state index is 0.562. The van der Waals surface area contributed by atoms with Crippen LogP contribution in [0.3, 0.4) is 0 Å². The third-order valence-corrected chi connectivity index (χ3v) is 5.31. The van der Waals surface area contributed by atoms with Crippen molar-refractivity contribution < 1.29 is 0 Å². The zero-order valence-electron chi connectivity index (χ0n) is 7.18. The largest absolute Gasteiger partial charge is 0.122 e. The van der Waals surface area contributed by atoms with Crippen LogP contribution in [0.15, 0.2) is 0 Å². The molecule has 0 amide bonds. The molecule has 4 fully saturated rings. The highest BCUT2D eigenvalue weighted by Crippen LogP contribution is 2.72. The molecule has 0 radical (unpaired) electrons. The minimum atomic E-state index is 0.562. The van der Waals surface area contributed by atoms with Crippen LogP contribution in [0.1, 0.15) is 26.7 Å². The van der Waals surface area contributed by atoms with E-state index in [1.807, 2.05) is 0 Å². The Morgan fingerprint density at radius 3 is 2.45 bits per heavy atom. The normalized spacial score (nSPS) is 63.0. The lowest BCUT2D eigenvalue weighted by molar-refractivity contribution is -0.0732. The van der Waals surface area contributed by atoms with Crippen molar-refractivity contribution in [2.75, 3.05) is 0 Å². The molecule has 0 aromatic heterocycles. The summed E-state index contributed by atoms with van der Waals surface area (Å²) in [6.07, 6.45) is 2.92. The summed E-state index contributed by atoms with van der Waals surface area (Å²) in [5.74, 6) is 3.83. The molecule has 1 heteroatoms. The van der Waals surface area contributed by atoms with Crippen molar-refractivity contribution >= 4 is 11.6 Å². The highest BCUT2D eigenvalue weighted by molar-refractivity contribution is 6.23. The van der Waals surface area contributed by atoms with Crippen molar-refractivity contribution in [2.24, 2.45) is 29.1 Å². The third kappa shape index (κ3) is 0.601. The van der Waals surface area contributed by atoms with Crippen LogP contribution in [0.4, 0.5) is 0 Å². The summed E-state index contributed by atoms with van der Waals surface area (Å²) in [6.45, 7) is 4.87. The van der Waals surface area contributed by atoms with Crippen LogP contribution in [0, 0.1) is 29.1 Å². The van der Waals surface area contributed by atoms with Crippen molar-refractivity contribution in [2.45, 2.75) is 32.1 Å². The van der Waals surface area contributed by atoms with Gasteiger partial charge >= 0.3 is 0 Å². The molecule has 0 saturated heterocycles. The van der Waals surface area contributed by atoms with Gasteiger partial charge in [0.25, 0.3) is 0 Å². The van der Waals surface area contributed by atoms with Gasteiger partial charge in [-0.1, -0.05) is 13.8 Å². The topological polar surface area (TPSA) is 0 Å². The summed E-state index contributed by atoms with van der Waals surface area (Å²) < 4.78 is 0. The summed E-state index contributed by atoms with van der Waals surface area (Å²) in [7, 11) is 0. The molecule has 4 rings (SSSR count). The van der Waals surface area contributed by atoms with Gasteiger partial charge in [0.15, 0.2) is 0 Å². The van der Waals surface area contributed by atoms with Crippen molar-refractivity contribution in [1.82, 2.24) is 0 Å². The number of alkyl halides is 1. The third-order valence-electron chi connectivity index (χ3n) is 4.70. The monoisotopic (exact) mass is 170 g/mol. The van der Waals surface area contributed by atoms with E-state index in [1.165, 1.54) is 12.8 Å². The highest BCUT2D eigenvalue weighted by atomic mass is 35.5. The van der Waals surface area contributed by atoms with E-state index in [-0.39, 0.29) is 0 Å². The predicted octanol–water partition coefficient (Wildman–Crippen LogP) is 2.91. The SMILES string of the molecule is CC1(C)C2CC3C(Cl)C3C1C2. The maximum atomic E-state index is 6.21. The molecule has 0 nitrogen and oxygen atoms in total. The lowest BCUT2D eigenvalue weighted by Crippen LogP contribution is -2.49. The van der Waals surface area contributed by atoms with Gasteiger partial charge in [0.1, 0.15) is 0 Å². The summed E-state index contributed by atoms with van der Waals surface area (Å²) in [5.41, 5.74) is 0.644. The van der Waals surface area contributed by atoms with Crippen LogP contribution in [-0.2, 0) is 0 Å². The van der Waals surface area contributed by atoms with Crippen LogP contribution < -0.4 is 0 Å². The van der Waals surface area contributed by atoms with E-state index >= 15 is 0 Å². The molecule has 5 atom stereocenters. The Bertz CT molecular complexity index is 209. The summed E-state index contributed by atoms with van der Waals surface area (Å²) in [6, 6.07) is 0. The molecule has 2 bridgehead atoms. The smallest absolute Gasteiger partial charge is 0.0401 e. The number of hydrogen-bond acceptors (Lipinski definition) is 0. The Balaban J connectivity index is 1.91. The van der Waals surface area contributed by atoms with Gasteiger partial charge in [0.05, 0.1) is 0 Å². The molecule has 0 aromatic rings. The lowest BCUT2D eigenvalue weighted by atomic mass is 9.49. The zero-order valence-corrected chi connectivity index (χ0v) is 7.93. The fraction of sp³-hybridized carbons (Fsp3) is 1.00. The van der Waals surface area contributed by atoms with Crippen molar-refractivity contribution in [3.05, 3.63) is 0 Å². The van der Waals surface area contributed by atoms with Crippen molar-refractivity contribution in [3.63, 3.8) is 0 Å². The van der Waals surface area contributed by atoms with Crippen LogP contribution in [0.2, 0.25) is 0 Å². The van der Waals surface area contributed by atoms with Gasteiger partial charge in [-0.15, -0.1) is 11.6 Å². The first kappa shape index (κ1) is 6.77. The fourth-order valence-corrected chi connectivity index (χ4v) is 4.15.